The Labute approximate surface area is 82.6 Å². The van der Waals surface area contributed by atoms with E-state index in [2.05, 4.69) is 15.2 Å². The Morgan fingerprint density at radius 3 is 2.64 bits per heavy atom. The Balaban J connectivity index is 2.33. The highest BCUT2D eigenvalue weighted by Crippen LogP contribution is 2.12. The third kappa shape index (κ3) is 1.66. The van der Waals surface area contributed by atoms with Gasteiger partial charge in [0.15, 0.2) is 0 Å². The Morgan fingerprint density at radius 1 is 1.29 bits per heavy atom. The van der Waals surface area contributed by atoms with Crippen molar-refractivity contribution in [2.45, 2.75) is 13.7 Å². The minimum atomic E-state index is 0.463. The van der Waals surface area contributed by atoms with E-state index in [1.54, 1.807) is 13.1 Å². The second-order valence-corrected chi connectivity index (χ2v) is 2.89. The molecule has 0 fully saturated rings. The molecule has 0 aliphatic rings. The van der Waals surface area contributed by atoms with Gasteiger partial charge in [0.2, 0.25) is 5.89 Å². The number of aromatic nitrogens is 3. The monoisotopic (exact) mass is 186 g/mol. The minimum Gasteiger partial charge on any atom is -0.420 e. The predicted molar refractivity (Wildman–Crippen MR) is 53.5 cm³/mol. The molecule has 0 amide bonds. The normalized spacial score (nSPS) is 10.1. The topological polar surface area (TPSA) is 51.8 Å². The van der Waals surface area contributed by atoms with Crippen LogP contribution in [0.4, 0.5) is 0 Å². The van der Waals surface area contributed by atoms with Crippen LogP contribution in [0.2, 0.25) is 6.82 Å². The molecule has 0 spiro atoms. The molecule has 2 aromatic rings. The molecular formula is C9H9BN3O. The summed E-state index contributed by atoms with van der Waals surface area (Å²) in [4.78, 5) is 4.21. The van der Waals surface area contributed by atoms with Gasteiger partial charge in [0.1, 0.15) is 13.0 Å². The third-order valence-electron chi connectivity index (χ3n) is 1.86. The molecule has 0 unspecified atom stereocenters. The van der Waals surface area contributed by atoms with Crippen molar-refractivity contribution in [2.75, 3.05) is 0 Å². The molecule has 5 heteroatoms. The van der Waals surface area contributed by atoms with Crippen molar-refractivity contribution in [2.24, 2.45) is 0 Å². The summed E-state index contributed by atoms with van der Waals surface area (Å²) in [5.41, 5.74) is 1.78. The maximum atomic E-state index is 5.25. The van der Waals surface area contributed by atoms with Gasteiger partial charge < -0.3 is 4.42 Å². The smallest absolute Gasteiger partial charge is 0.266 e. The second kappa shape index (κ2) is 3.61. The summed E-state index contributed by atoms with van der Waals surface area (Å²) in [6.45, 7) is 3.72. The molecule has 0 atom stereocenters. The number of pyridine rings is 1. The number of hydrogen-bond donors (Lipinski definition) is 0. The Hall–Kier alpha value is -1.65. The Bertz CT molecular complexity index is 424. The summed E-state index contributed by atoms with van der Waals surface area (Å²) in [5.74, 6) is 1.01. The molecule has 0 aliphatic carbocycles. The molecule has 0 aromatic carbocycles. The zero-order valence-corrected chi connectivity index (χ0v) is 8.06. The summed E-state index contributed by atoms with van der Waals surface area (Å²) in [6, 6.07) is 3.82. The van der Waals surface area contributed by atoms with Crippen molar-refractivity contribution >= 4 is 12.7 Å². The van der Waals surface area contributed by atoms with E-state index in [1.807, 2.05) is 26.2 Å². The zero-order valence-electron chi connectivity index (χ0n) is 8.06. The van der Waals surface area contributed by atoms with E-state index < -0.39 is 0 Å². The van der Waals surface area contributed by atoms with Gasteiger partial charge in [-0.25, -0.2) is 0 Å². The maximum Gasteiger partial charge on any atom is 0.266 e. The van der Waals surface area contributed by atoms with Gasteiger partial charge in [-0.1, -0.05) is 18.4 Å². The zero-order chi connectivity index (χ0) is 9.97. The summed E-state index contributed by atoms with van der Waals surface area (Å²) in [7, 11) is 1.98. The first-order valence-electron chi connectivity index (χ1n) is 4.35. The summed E-state index contributed by atoms with van der Waals surface area (Å²) < 4.78 is 5.25. The minimum absolute atomic E-state index is 0.463. The highest BCUT2D eigenvalue weighted by Gasteiger charge is 2.06. The van der Waals surface area contributed by atoms with Gasteiger partial charge >= 0.3 is 0 Å². The second-order valence-electron chi connectivity index (χ2n) is 2.89. The first-order chi connectivity index (χ1) is 6.79. The fourth-order valence-electron chi connectivity index (χ4n) is 1.10. The predicted octanol–water partition coefficient (Wildman–Crippen LogP) is 0.818. The van der Waals surface area contributed by atoms with Crippen molar-refractivity contribution < 1.29 is 4.42 Å². The van der Waals surface area contributed by atoms with Gasteiger partial charge in [-0.15, -0.1) is 10.2 Å². The highest BCUT2D eigenvalue weighted by molar-refractivity contribution is 6.51. The molecule has 0 saturated carbocycles. The van der Waals surface area contributed by atoms with Crippen molar-refractivity contribution in [3.05, 3.63) is 24.2 Å². The van der Waals surface area contributed by atoms with Crippen LogP contribution in [-0.2, 0) is 0 Å². The molecule has 1 radical (unpaired) electrons. The van der Waals surface area contributed by atoms with E-state index in [0.717, 1.165) is 5.46 Å². The average molecular weight is 186 g/mol. The SMILES string of the molecule is C[B]c1ccc(-c2nnc(C)o2)nc1. The van der Waals surface area contributed by atoms with Gasteiger partial charge in [0, 0.05) is 13.1 Å². The van der Waals surface area contributed by atoms with Gasteiger partial charge in [-0.05, 0) is 6.07 Å². The summed E-state index contributed by atoms with van der Waals surface area (Å²) in [5, 5.41) is 7.62. The molecule has 2 heterocycles. The van der Waals surface area contributed by atoms with E-state index in [0.29, 0.717) is 17.5 Å². The van der Waals surface area contributed by atoms with E-state index in [1.165, 1.54) is 0 Å². The van der Waals surface area contributed by atoms with Crippen molar-refractivity contribution in [3.63, 3.8) is 0 Å². The number of aryl methyl sites for hydroxylation is 1. The lowest BCUT2D eigenvalue weighted by Gasteiger charge is -1.95. The molecular weight excluding hydrogens is 177 g/mol. The Morgan fingerprint density at radius 2 is 2.14 bits per heavy atom. The van der Waals surface area contributed by atoms with Crippen LogP contribution in [0.15, 0.2) is 22.7 Å². The van der Waals surface area contributed by atoms with Crippen molar-refractivity contribution in [1.29, 1.82) is 0 Å². The quantitative estimate of drug-likeness (QED) is 0.651. The lowest BCUT2D eigenvalue weighted by molar-refractivity contribution is 0.531. The van der Waals surface area contributed by atoms with Gasteiger partial charge in [-0.2, -0.15) is 0 Å². The molecule has 69 valence electrons. The molecule has 0 N–H and O–H groups in total. The fraction of sp³-hybridized carbons (Fsp3) is 0.222. The van der Waals surface area contributed by atoms with Crippen LogP contribution in [0.5, 0.6) is 0 Å². The lowest BCUT2D eigenvalue weighted by Crippen LogP contribution is -2.10. The van der Waals surface area contributed by atoms with Gasteiger partial charge in [0.05, 0.1) is 0 Å². The summed E-state index contributed by atoms with van der Waals surface area (Å²) in [6.07, 6.45) is 1.77. The standard InChI is InChI=1S/C9H9BN3O/c1-6-12-13-9(14-6)8-4-3-7(10-2)5-11-8/h3-5H,1-2H3. The van der Waals surface area contributed by atoms with Crippen LogP contribution in [0.25, 0.3) is 11.6 Å². The van der Waals surface area contributed by atoms with Crippen LogP contribution in [0.3, 0.4) is 0 Å². The lowest BCUT2D eigenvalue weighted by atomic mass is 9.74. The molecule has 4 nitrogen and oxygen atoms in total. The van der Waals surface area contributed by atoms with Crippen LogP contribution in [-0.4, -0.2) is 22.5 Å². The molecule has 2 rings (SSSR count). The largest absolute Gasteiger partial charge is 0.420 e. The van der Waals surface area contributed by atoms with Crippen LogP contribution < -0.4 is 5.46 Å². The average Bonchev–Trinajstić information content (AvgIpc) is 2.65. The highest BCUT2D eigenvalue weighted by atomic mass is 16.4. The van der Waals surface area contributed by atoms with Crippen LogP contribution in [0.1, 0.15) is 5.89 Å². The van der Waals surface area contributed by atoms with E-state index in [9.17, 15) is 0 Å². The van der Waals surface area contributed by atoms with E-state index in [-0.39, 0.29) is 0 Å². The third-order valence-corrected chi connectivity index (χ3v) is 1.86. The molecule has 14 heavy (non-hydrogen) atoms. The Kier molecular flexibility index (Phi) is 2.31. The van der Waals surface area contributed by atoms with Gasteiger partial charge in [-0.3, -0.25) is 4.98 Å². The van der Waals surface area contributed by atoms with Crippen molar-refractivity contribution in [3.8, 4) is 11.6 Å². The molecule has 2 aromatic heterocycles. The molecule has 0 bridgehead atoms. The number of hydrogen-bond acceptors (Lipinski definition) is 4. The van der Waals surface area contributed by atoms with Crippen LogP contribution >= 0.6 is 0 Å². The van der Waals surface area contributed by atoms with E-state index >= 15 is 0 Å². The maximum absolute atomic E-state index is 5.25. The number of rotatable bonds is 2. The van der Waals surface area contributed by atoms with Crippen molar-refractivity contribution in [1.82, 2.24) is 15.2 Å². The number of nitrogens with zero attached hydrogens (tertiary/aromatic N) is 3. The fourth-order valence-corrected chi connectivity index (χ4v) is 1.10. The first kappa shape index (κ1) is 8.93. The van der Waals surface area contributed by atoms with Gasteiger partial charge in [0.25, 0.3) is 5.89 Å². The molecule has 0 aliphatic heterocycles. The first-order valence-corrected chi connectivity index (χ1v) is 4.35. The van der Waals surface area contributed by atoms with Crippen LogP contribution in [0, 0.1) is 6.92 Å². The van der Waals surface area contributed by atoms with E-state index in [4.69, 9.17) is 4.42 Å². The summed E-state index contributed by atoms with van der Waals surface area (Å²) >= 11 is 0. The molecule has 0 saturated heterocycles.